The van der Waals surface area contributed by atoms with Crippen LogP contribution in [-0.4, -0.2) is 27.8 Å². The average Bonchev–Trinajstić information content (AvgIpc) is 2.49. The van der Waals surface area contributed by atoms with Crippen molar-refractivity contribution in [3.8, 4) is 5.75 Å². The topological polar surface area (TPSA) is 69.6 Å². The van der Waals surface area contributed by atoms with E-state index in [4.69, 9.17) is 0 Å². The summed E-state index contributed by atoms with van der Waals surface area (Å²) < 4.78 is 0. The van der Waals surface area contributed by atoms with Crippen LogP contribution >= 0.6 is 0 Å². The van der Waals surface area contributed by atoms with E-state index in [-0.39, 0.29) is 17.7 Å². The highest BCUT2D eigenvalue weighted by atomic mass is 16.3. The van der Waals surface area contributed by atoms with E-state index in [1.54, 1.807) is 18.2 Å². The van der Waals surface area contributed by atoms with Crippen LogP contribution in [0.2, 0.25) is 0 Å². The molecule has 0 spiro atoms. The second kappa shape index (κ2) is 5.22. The summed E-state index contributed by atoms with van der Waals surface area (Å²) >= 11 is 0. The second-order valence-corrected chi connectivity index (χ2v) is 8.87. The number of rotatable bonds is 3. The van der Waals surface area contributed by atoms with E-state index in [1.165, 1.54) is 0 Å². The van der Waals surface area contributed by atoms with Gasteiger partial charge >= 0.3 is 0 Å². The van der Waals surface area contributed by atoms with Crippen LogP contribution in [0.25, 0.3) is 0 Å². The van der Waals surface area contributed by atoms with Gasteiger partial charge in [0.25, 0.3) is 0 Å². The summed E-state index contributed by atoms with van der Waals surface area (Å²) in [6.45, 7) is 3.81. The Labute approximate surface area is 143 Å². The molecule has 4 saturated carbocycles. The number of carbonyl (C=O) groups is 1. The van der Waals surface area contributed by atoms with Gasteiger partial charge in [0.2, 0.25) is 5.91 Å². The van der Waals surface area contributed by atoms with Gasteiger partial charge in [0.15, 0.2) is 0 Å². The largest absolute Gasteiger partial charge is 0.508 e. The number of phenols is 1. The first-order valence-corrected chi connectivity index (χ1v) is 9.10. The van der Waals surface area contributed by atoms with Crippen LogP contribution in [0, 0.1) is 17.8 Å². The molecule has 0 aromatic heterocycles. The highest BCUT2D eigenvalue weighted by Crippen LogP contribution is 2.55. The summed E-state index contributed by atoms with van der Waals surface area (Å²) in [5, 5.41) is 23.7. The average molecular weight is 329 g/mol. The van der Waals surface area contributed by atoms with Gasteiger partial charge in [-0.3, -0.25) is 4.79 Å². The van der Waals surface area contributed by atoms with Gasteiger partial charge < -0.3 is 15.5 Å². The van der Waals surface area contributed by atoms with Crippen LogP contribution in [0.4, 0.5) is 0 Å². The van der Waals surface area contributed by atoms with Crippen LogP contribution < -0.4 is 5.32 Å². The van der Waals surface area contributed by atoms with Crippen molar-refractivity contribution in [2.24, 2.45) is 17.8 Å². The van der Waals surface area contributed by atoms with E-state index in [9.17, 15) is 15.0 Å². The fourth-order valence-corrected chi connectivity index (χ4v) is 5.57. The quantitative estimate of drug-likeness (QED) is 0.798. The minimum atomic E-state index is -0.690. The highest BCUT2D eigenvalue weighted by molar-refractivity contribution is 5.87. The van der Waals surface area contributed by atoms with Crippen LogP contribution in [-0.2, 0) is 10.2 Å². The summed E-state index contributed by atoms with van der Waals surface area (Å²) in [7, 11) is 0. The number of hydrogen-bond acceptors (Lipinski definition) is 3. The van der Waals surface area contributed by atoms with Gasteiger partial charge in [-0.25, -0.2) is 0 Å². The summed E-state index contributed by atoms with van der Waals surface area (Å²) in [6, 6.07) is 7.14. The maximum atomic E-state index is 13.0. The molecule has 4 bridgehead atoms. The Kier molecular flexibility index (Phi) is 3.47. The zero-order chi connectivity index (χ0) is 17.1. The summed E-state index contributed by atoms with van der Waals surface area (Å²) in [6.07, 6.45) is 4.89. The van der Waals surface area contributed by atoms with Crippen molar-refractivity contribution >= 4 is 5.91 Å². The first-order chi connectivity index (χ1) is 11.3. The van der Waals surface area contributed by atoms with E-state index < -0.39 is 11.0 Å². The van der Waals surface area contributed by atoms with Crippen molar-refractivity contribution < 1.29 is 15.0 Å². The lowest BCUT2D eigenvalue weighted by Gasteiger charge is -2.58. The lowest BCUT2D eigenvalue weighted by atomic mass is 9.52. The number of aliphatic hydroxyl groups is 1. The summed E-state index contributed by atoms with van der Waals surface area (Å²) in [5.41, 5.74) is -0.342. The minimum Gasteiger partial charge on any atom is -0.508 e. The molecule has 1 amide bonds. The van der Waals surface area contributed by atoms with E-state index in [1.807, 2.05) is 19.9 Å². The van der Waals surface area contributed by atoms with Crippen molar-refractivity contribution in [2.45, 2.75) is 63.0 Å². The molecular weight excluding hydrogens is 302 g/mol. The summed E-state index contributed by atoms with van der Waals surface area (Å²) in [4.78, 5) is 13.0. The Bertz CT molecular complexity index is 653. The molecule has 0 radical (unpaired) electrons. The molecule has 4 heteroatoms. The van der Waals surface area contributed by atoms with Gasteiger partial charge in [-0.2, -0.15) is 0 Å². The van der Waals surface area contributed by atoms with E-state index >= 15 is 0 Å². The molecule has 1 unspecified atom stereocenters. The van der Waals surface area contributed by atoms with Crippen LogP contribution in [0.3, 0.4) is 0 Å². The molecule has 130 valence electrons. The smallest absolute Gasteiger partial charge is 0.230 e. The SMILES string of the molecule is CC(C)(C(=O)N[C@@H]1C2C[C@@H]3C[C@@H]1C[C@](O)(C2)C3)c1cccc(O)c1. The zero-order valence-electron chi connectivity index (χ0n) is 14.5. The van der Waals surface area contributed by atoms with Gasteiger partial charge in [0, 0.05) is 6.04 Å². The van der Waals surface area contributed by atoms with E-state index in [0.29, 0.717) is 17.8 Å². The first-order valence-electron chi connectivity index (χ1n) is 9.10. The van der Waals surface area contributed by atoms with E-state index in [0.717, 1.165) is 37.7 Å². The molecule has 1 aromatic rings. The van der Waals surface area contributed by atoms with Gasteiger partial charge in [-0.05, 0) is 81.4 Å². The molecule has 4 nitrogen and oxygen atoms in total. The Morgan fingerprint density at radius 1 is 1.21 bits per heavy atom. The van der Waals surface area contributed by atoms with Gasteiger partial charge in [0.1, 0.15) is 5.75 Å². The zero-order valence-corrected chi connectivity index (χ0v) is 14.5. The Morgan fingerprint density at radius 3 is 2.46 bits per heavy atom. The molecular formula is C20H27NO3. The molecule has 24 heavy (non-hydrogen) atoms. The Balaban J connectivity index is 1.52. The van der Waals surface area contributed by atoms with Crippen molar-refractivity contribution in [3.63, 3.8) is 0 Å². The van der Waals surface area contributed by atoms with Gasteiger partial charge in [-0.1, -0.05) is 12.1 Å². The predicted octanol–water partition coefficient (Wildman–Crippen LogP) is 2.73. The molecule has 1 aromatic carbocycles. The number of carbonyl (C=O) groups excluding carboxylic acids is 1. The monoisotopic (exact) mass is 329 g/mol. The molecule has 4 aliphatic rings. The van der Waals surface area contributed by atoms with Crippen molar-refractivity contribution in [1.29, 1.82) is 0 Å². The standard InChI is InChI=1S/C20H27NO3/c1-19(2,15-4-3-5-16(22)8-15)18(23)21-17-13-6-12-7-14(17)11-20(24,9-12)10-13/h3-5,8,12-14,17,22,24H,6-7,9-11H2,1-2H3,(H,21,23)/t12-,13+,14?,17-,20-/m0/s1. The fourth-order valence-electron chi connectivity index (χ4n) is 5.57. The first kappa shape index (κ1) is 15.9. The molecule has 3 N–H and O–H groups in total. The van der Waals surface area contributed by atoms with Gasteiger partial charge in [0.05, 0.1) is 11.0 Å². The molecule has 5 atom stereocenters. The van der Waals surface area contributed by atoms with Crippen LogP contribution in [0.5, 0.6) is 5.75 Å². The van der Waals surface area contributed by atoms with Crippen LogP contribution in [0.1, 0.15) is 51.5 Å². The van der Waals surface area contributed by atoms with Crippen molar-refractivity contribution in [2.75, 3.05) is 0 Å². The lowest BCUT2D eigenvalue weighted by Crippen LogP contribution is -2.62. The van der Waals surface area contributed by atoms with E-state index in [2.05, 4.69) is 5.32 Å². The van der Waals surface area contributed by atoms with Gasteiger partial charge in [-0.15, -0.1) is 0 Å². The lowest BCUT2D eigenvalue weighted by molar-refractivity contribution is -0.148. The molecule has 4 fully saturated rings. The normalized spacial score (nSPS) is 37.5. The fraction of sp³-hybridized carbons (Fsp3) is 0.650. The third kappa shape index (κ3) is 2.52. The molecule has 0 heterocycles. The van der Waals surface area contributed by atoms with Crippen molar-refractivity contribution in [1.82, 2.24) is 5.32 Å². The minimum absolute atomic E-state index is 0.0116. The van der Waals surface area contributed by atoms with Crippen LogP contribution in [0.15, 0.2) is 24.3 Å². The highest BCUT2D eigenvalue weighted by Gasteiger charge is 2.55. The predicted molar refractivity (Wildman–Crippen MR) is 91.6 cm³/mol. The Hall–Kier alpha value is -1.55. The van der Waals surface area contributed by atoms with Crippen molar-refractivity contribution in [3.05, 3.63) is 29.8 Å². The number of aromatic hydroxyl groups is 1. The molecule has 0 aliphatic heterocycles. The number of amides is 1. The molecule has 0 saturated heterocycles. The third-order valence-electron chi connectivity index (χ3n) is 6.67. The number of hydrogen-bond donors (Lipinski definition) is 3. The number of benzene rings is 1. The maximum absolute atomic E-state index is 13.0. The number of phenolic OH excluding ortho intramolecular Hbond substituents is 1. The molecule has 5 rings (SSSR count). The maximum Gasteiger partial charge on any atom is 0.230 e. The third-order valence-corrected chi connectivity index (χ3v) is 6.67. The Morgan fingerprint density at radius 2 is 1.88 bits per heavy atom. The number of nitrogens with one attached hydrogen (secondary N) is 1. The summed E-state index contributed by atoms with van der Waals surface area (Å²) in [5.74, 6) is 1.65. The second-order valence-electron chi connectivity index (χ2n) is 8.87. The molecule has 4 aliphatic carbocycles.